The van der Waals surface area contributed by atoms with Crippen molar-refractivity contribution >= 4 is 28.4 Å². The second-order valence-electron chi connectivity index (χ2n) is 9.26. The summed E-state index contributed by atoms with van der Waals surface area (Å²) in [5.41, 5.74) is 6.77. The van der Waals surface area contributed by atoms with Crippen molar-refractivity contribution in [2.45, 2.75) is 58.4 Å². The molecule has 0 fully saturated rings. The van der Waals surface area contributed by atoms with Crippen LogP contribution in [0.4, 0.5) is 5.69 Å². The molecule has 0 radical (unpaired) electrons. The monoisotopic (exact) mass is 405 g/mol. The third-order valence-corrected chi connectivity index (χ3v) is 6.36. The van der Waals surface area contributed by atoms with Gasteiger partial charge < -0.3 is 15.2 Å². The van der Waals surface area contributed by atoms with Gasteiger partial charge in [0.05, 0.1) is 23.0 Å². The van der Waals surface area contributed by atoms with Crippen molar-refractivity contribution in [3.63, 3.8) is 0 Å². The molecule has 1 aliphatic heterocycles. The Morgan fingerprint density at radius 1 is 1.27 bits per heavy atom. The Morgan fingerprint density at radius 2 is 2.07 bits per heavy atom. The second-order valence-corrected chi connectivity index (χ2v) is 9.26. The van der Waals surface area contributed by atoms with Crippen molar-refractivity contribution in [2.75, 3.05) is 11.4 Å². The van der Waals surface area contributed by atoms with E-state index in [9.17, 15) is 9.59 Å². The largest absolute Gasteiger partial charge is 0.353 e. The van der Waals surface area contributed by atoms with E-state index >= 15 is 0 Å². The number of hydrogen-bond donors (Lipinski definition) is 3. The predicted octanol–water partition coefficient (Wildman–Crippen LogP) is 3.20. The van der Waals surface area contributed by atoms with Crippen molar-refractivity contribution in [2.24, 2.45) is 0 Å². The van der Waals surface area contributed by atoms with E-state index in [0.717, 1.165) is 52.8 Å². The van der Waals surface area contributed by atoms with Crippen molar-refractivity contribution < 1.29 is 9.59 Å². The summed E-state index contributed by atoms with van der Waals surface area (Å²) in [7, 11) is 0. The number of nitrogens with one attached hydrogen (secondary N) is 3. The van der Waals surface area contributed by atoms with Crippen LogP contribution in [0.1, 0.15) is 50.8 Å². The summed E-state index contributed by atoms with van der Waals surface area (Å²) in [5, 5.41) is 11.4. The van der Waals surface area contributed by atoms with E-state index in [-0.39, 0.29) is 24.4 Å². The molecule has 2 aliphatic rings. The molecule has 30 heavy (non-hydrogen) atoms. The van der Waals surface area contributed by atoms with Gasteiger partial charge >= 0.3 is 0 Å². The minimum atomic E-state index is -0.677. The van der Waals surface area contributed by atoms with Crippen molar-refractivity contribution in [1.29, 1.82) is 0 Å². The molecule has 7 nitrogen and oxygen atoms in total. The topological polar surface area (TPSA) is 93.9 Å². The van der Waals surface area contributed by atoms with Gasteiger partial charge in [-0.15, -0.1) is 0 Å². The molecule has 0 unspecified atom stereocenters. The number of carbonyl (C=O) groups excluding carboxylic acids is 2. The Balaban J connectivity index is 1.65. The molecule has 7 heteroatoms. The van der Waals surface area contributed by atoms with Gasteiger partial charge in [0.25, 0.3) is 0 Å². The zero-order chi connectivity index (χ0) is 21.2. The second kappa shape index (κ2) is 6.45. The molecule has 2 amide bonds. The number of carbonyl (C=O) groups is 2. The zero-order valence-corrected chi connectivity index (χ0v) is 17.8. The zero-order valence-electron chi connectivity index (χ0n) is 17.8. The van der Waals surface area contributed by atoms with Crippen LogP contribution in [-0.2, 0) is 27.8 Å². The Hall–Kier alpha value is -3.09. The fourth-order valence-corrected chi connectivity index (χ4v) is 4.89. The van der Waals surface area contributed by atoms with Crippen LogP contribution in [0.3, 0.4) is 0 Å². The summed E-state index contributed by atoms with van der Waals surface area (Å²) in [6.45, 7) is 7.74. The van der Waals surface area contributed by atoms with Gasteiger partial charge in [-0.2, -0.15) is 5.10 Å². The standard InChI is InChI=1S/C23H27N5O2/c1-12(2)25-19(29)11-28-18-8-15-14-7-5-6-13-10-24-27-20(13)21(14)26-17(15)9-16(18)23(3,4)22(28)30/h8-10,12,26H,5-7,11H2,1-4H3,(H,24,27)(H,25,29). The van der Waals surface area contributed by atoms with Crippen LogP contribution in [0.2, 0.25) is 0 Å². The molecular formula is C23H27N5O2. The third kappa shape index (κ3) is 2.68. The minimum absolute atomic E-state index is 0.0361. The lowest BCUT2D eigenvalue weighted by molar-refractivity contribution is -0.125. The fraction of sp³-hybridized carbons (Fsp3) is 0.435. The maximum absolute atomic E-state index is 13.2. The van der Waals surface area contributed by atoms with E-state index in [1.165, 1.54) is 11.1 Å². The average Bonchev–Trinajstić information content (AvgIpc) is 3.29. The Bertz CT molecular complexity index is 1180. The number of rotatable bonds is 3. The molecule has 0 spiro atoms. The number of anilines is 1. The first kappa shape index (κ1) is 18.9. The Labute approximate surface area is 175 Å². The molecule has 0 bridgehead atoms. The molecular weight excluding hydrogens is 378 g/mol. The smallest absolute Gasteiger partial charge is 0.240 e. The van der Waals surface area contributed by atoms with Gasteiger partial charge in [-0.25, -0.2) is 0 Å². The van der Waals surface area contributed by atoms with Crippen LogP contribution in [0.25, 0.3) is 22.3 Å². The molecule has 3 aromatic rings. The SMILES string of the molecule is CC(C)NC(=O)CN1C(=O)C(C)(C)c2cc3[nH]c4c(c3cc21)CCCc1cn[nH]c1-4. The Kier molecular flexibility index (Phi) is 4.07. The first-order chi connectivity index (χ1) is 14.3. The molecule has 3 heterocycles. The molecule has 5 rings (SSSR count). The number of nitrogens with zero attached hydrogens (tertiary/aromatic N) is 2. The predicted molar refractivity (Wildman–Crippen MR) is 117 cm³/mol. The number of benzene rings is 1. The molecule has 0 saturated heterocycles. The third-order valence-electron chi connectivity index (χ3n) is 6.36. The lowest BCUT2D eigenvalue weighted by Crippen LogP contribution is -2.44. The number of amides is 2. The molecule has 0 atom stereocenters. The fourth-order valence-electron chi connectivity index (χ4n) is 4.89. The van der Waals surface area contributed by atoms with E-state index in [1.807, 2.05) is 33.9 Å². The molecule has 0 saturated carbocycles. The van der Waals surface area contributed by atoms with E-state index in [2.05, 4.69) is 32.6 Å². The summed E-state index contributed by atoms with van der Waals surface area (Å²) in [5.74, 6) is -0.178. The summed E-state index contributed by atoms with van der Waals surface area (Å²) in [6.07, 6.45) is 4.91. The van der Waals surface area contributed by atoms with Crippen molar-refractivity contribution in [1.82, 2.24) is 20.5 Å². The van der Waals surface area contributed by atoms with Gasteiger partial charge in [0, 0.05) is 22.6 Å². The number of hydrogen-bond acceptors (Lipinski definition) is 3. The number of aryl methyl sites for hydroxylation is 2. The summed E-state index contributed by atoms with van der Waals surface area (Å²) in [6, 6.07) is 4.22. The Morgan fingerprint density at radius 3 is 2.83 bits per heavy atom. The molecule has 3 N–H and O–H groups in total. The van der Waals surface area contributed by atoms with Crippen LogP contribution in [0.5, 0.6) is 0 Å². The van der Waals surface area contributed by atoms with Crippen LogP contribution in [-0.4, -0.2) is 39.6 Å². The van der Waals surface area contributed by atoms with E-state index in [0.29, 0.717) is 0 Å². The van der Waals surface area contributed by atoms with Crippen LogP contribution in [0.15, 0.2) is 18.3 Å². The maximum Gasteiger partial charge on any atom is 0.240 e. The van der Waals surface area contributed by atoms with Crippen molar-refractivity contribution in [3.05, 3.63) is 35.0 Å². The van der Waals surface area contributed by atoms with E-state index in [1.54, 1.807) is 4.90 Å². The van der Waals surface area contributed by atoms with E-state index < -0.39 is 5.41 Å². The van der Waals surface area contributed by atoms with Gasteiger partial charge in [-0.3, -0.25) is 14.7 Å². The lowest BCUT2D eigenvalue weighted by atomic mass is 9.85. The lowest BCUT2D eigenvalue weighted by Gasteiger charge is -2.20. The van der Waals surface area contributed by atoms with Crippen LogP contribution >= 0.6 is 0 Å². The van der Waals surface area contributed by atoms with Crippen LogP contribution in [0, 0.1) is 0 Å². The van der Waals surface area contributed by atoms with Crippen molar-refractivity contribution in [3.8, 4) is 11.4 Å². The van der Waals surface area contributed by atoms with Crippen LogP contribution < -0.4 is 10.2 Å². The first-order valence-corrected chi connectivity index (χ1v) is 10.6. The van der Waals surface area contributed by atoms with Gasteiger partial charge in [0.15, 0.2) is 0 Å². The van der Waals surface area contributed by atoms with Gasteiger partial charge in [0.1, 0.15) is 6.54 Å². The number of aromatic nitrogens is 3. The van der Waals surface area contributed by atoms with Gasteiger partial charge in [0.2, 0.25) is 11.8 Å². The van der Waals surface area contributed by atoms with E-state index in [4.69, 9.17) is 0 Å². The maximum atomic E-state index is 13.2. The van der Waals surface area contributed by atoms with Gasteiger partial charge in [-0.1, -0.05) is 0 Å². The molecule has 1 aliphatic carbocycles. The molecule has 156 valence electrons. The highest BCUT2D eigenvalue weighted by Crippen LogP contribution is 2.45. The first-order valence-electron chi connectivity index (χ1n) is 10.6. The number of aromatic amines is 2. The highest BCUT2D eigenvalue weighted by molar-refractivity contribution is 6.12. The average molecular weight is 406 g/mol. The minimum Gasteiger partial charge on any atom is -0.353 e. The highest BCUT2D eigenvalue weighted by atomic mass is 16.2. The number of fused-ring (bicyclic) bond motifs is 6. The van der Waals surface area contributed by atoms with Gasteiger partial charge in [-0.05, 0) is 75.8 Å². The summed E-state index contributed by atoms with van der Waals surface area (Å²) < 4.78 is 0. The normalized spacial score (nSPS) is 17.1. The molecule has 2 aromatic heterocycles. The molecule has 1 aromatic carbocycles. The highest BCUT2D eigenvalue weighted by Gasteiger charge is 2.45. The quantitative estimate of drug-likeness (QED) is 0.625. The summed E-state index contributed by atoms with van der Waals surface area (Å²) in [4.78, 5) is 30.9. The number of H-pyrrole nitrogens is 2. The summed E-state index contributed by atoms with van der Waals surface area (Å²) >= 11 is 0.